The van der Waals surface area contributed by atoms with Crippen LogP contribution < -0.4 is 16.0 Å². The van der Waals surface area contributed by atoms with Gasteiger partial charge in [0.05, 0.1) is 16.0 Å². The van der Waals surface area contributed by atoms with Crippen LogP contribution in [0.15, 0.2) is 18.5 Å². The quantitative estimate of drug-likeness (QED) is 0.604. The van der Waals surface area contributed by atoms with E-state index in [4.69, 9.17) is 11.5 Å². The Bertz CT molecular complexity index is 580. The summed E-state index contributed by atoms with van der Waals surface area (Å²) in [5.41, 5.74) is 11.2. The summed E-state index contributed by atoms with van der Waals surface area (Å²) in [5.74, 6) is -0.101. The highest BCUT2D eigenvalue weighted by Crippen LogP contribution is 2.11. The van der Waals surface area contributed by atoms with Crippen molar-refractivity contribution in [2.24, 2.45) is 11.5 Å². The van der Waals surface area contributed by atoms with E-state index in [1.807, 2.05) is 0 Å². The van der Waals surface area contributed by atoms with Gasteiger partial charge in [-0.2, -0.15) is 0 Å². The molecule has 0 fully saturated rings. The number of hydrogen-bond donors (Lipinski definition) is 2. The van der Waals surface area contributed by atoms with Gasteiger partial charge in [-0.1, -0.05) is 0 Å². The maximum Gasteiger partial charge on any atom is 0.336 e. The largest absolute Gasteiger partial charge is 0.804 e. The summed E-state index contributed by atoms with van der Waals surface area (Å²) in [6.45, 7) is 0.0336. The minimum absolute atomic E-state index is 0.0336. The van der Waals surface area contributed by atoms with E-state index >= 15 is 0 Å². The van der Waals surface area contributed by atoms with Gasteiger partial charge in [-0.05, 0) is 6.07 Å². The fourth-order valence-corrected chi connectivity index (χ4v) is 1.34. The van der Waals surface area contributed by atoms with Gasteiger partial charge in [0.1, 0.15) is 11.7 Å². The van der Waals surface area contributed by atoms with E-state index < -0.39 is 6.04 Å². The number of hydrogen-bond acceptors (Lipinski definition) is 6. The topological polar surface area (TPSA) is 129 Å². The molecule has 1 atom stereocenters. The molecule has 2 heterocycles. The van der Waals surface area contributed by atoms with Gasteiger partial charge >= 0.3 is 5.52 Å². The zero-order chi connectivity index (χ0) is 11.7. The first-order valence-corrected chi connectivity index (χ1v) is 4.58. The van der Waals surface area contributed by atoms with E-state index in [1.54, 1.807) is 0 Å². The molecular formula is C8H10N6O2. The summed E-state index contributed by atoms with van der Waals surface area (Å²) in [5, 5.41) is 15.4. The zero-order valence-electron chi connectivity index (χ0n) is 8.28. The molecule has 0 saturated heterocycles. The molecule has 16 heavy (non-hydrogen) atoms. The molecule has 0 amide bonds. The van der Waals surface area contributed by atoms with E-state index in [2.05, 4.69) is 10.1 Å². The molecule has 0 radical (unpaired) electrons. The lowest BCUT2D eigenvalue weighted by Crippen LogP contribution is -2.32. The lowest BCUT2D eigenvalue weighted by molar-refractivity contribution is -0.538. The third-order valence-electron chi connectivity index (χ3n) is 2.19. The van der Waals surface area contributed by atoms with E-state index in [9.17, 15) is 10.1 Å². The molecule has 2 rings (SSSR count). The summed E-state index contributed by atoms with van der Waals surface area (Å²) in [6, 6.07) is 0.654. The first-order chi connectivity index (χ1) is 7.65. The fraction of sp³-hybridized carbons (Fsp3) is 0.250. The summed E-state index contributed by atoms with van der Waals surface area (Å²) in [6.07, 6.45) is 2.68. The van der Waals surface area contributed by atoms with E-state index in [0.717, 1.165) is 0 Å². The lowest BCUT2D eigenvalue weighted by atomic mass is 10.3. The fourth-order valence-electron chi connectivity index (χ4n) is 1.34. The van der Waals surface area contributed by atoms with Crippen LogP contribution in [-0.4, -0.2) is 21.4 Å². The second-order valence-electron chi connectivity index (χ2n) is 3.23. The highest BCUT2D eigenvalue weighted by Gasteiger charge is 2.17. The SMILES string of the molecule is NCC(N)c1n[n+](=O)c2cnccc2n1[O-]. The Morgan fingerprint density at radius 1 is 1.62 bits per heavy atom. The molecule has 1 unspecified atom stereocenters. The van der Waals surface area contributed by atoms with Gasteiger partial charge in [-0.25, -0.2) is 0 Å². The molecule has 0 aliphatic carbocycles. The normalized spacial score (nSPS) is 12.9. The molecule has 84 valence electrons. The molecule has 2 aromatic heterocycles. The molecule has 2 aromatic rings. The average molecular weight is 222 g/mol. The predicted molar refractivity (Wildman–Crippen MR) is 55.6 cm³/mol. The Kier molecular flexibility index (Phi) is 2.50. The Morgan fingerprint density at radius 3 is 3.06 bits per heavy atom. The van der Waals surface area contributed by atoms with Crippen LogP contribution in [0, 0.1) is 10.1 Å². The number of nitrogens with zero attached hydrogens (tertiary/aromatic N) is 4. The van der Waals surface area contributed by atoms with Crippen LogP contribution in [0.25, 0.3) is 11.0 Å². The van der Waals surface area contributed by atoms with Crippen molar-refractivity contribution in [3.8, 4) is 0 Å². The summed E-state index contributed by atoms with van der Waals surface area (Å²) in [7, 11) is 0. The van der Waals surface area contributed by atoms with Gasteiger partial charge in [-0.3, -0.25) is 4.98 Å². The molecule has 0 aliphatic rings. The van der Waals surface area contributed by atoms with Crippen molar-refractivity contribution >= 4 is 11.0 Å². The van der Waals surface area contributed by atoms with Crippen molar-refractivity contribution in [3.05, 3.63) is 34.4 Å². The lowest BCUT2D eigenvalue weighted by Gasteiger charge is -2.17. The van der Waals surface area contributed by atoms with Crippen molar-refractivity contribution in [3.63, 3.8) is 0 Å². The van der Waals surface area contributed by atoms with Crippen LogP contribution in [0.2, 0.25) is 0 Å². The van der Waals surface area contributed by atoms with Gasteiger partial charge in [0.15, 0.2) is 10.4 Å². The Morgan fingerprint density at radius 2 is 2.38 bits per heavy atom. The van der Waals surface area contributed by atoms with Crippen LogP contribution in [0.3, 0.4) is 0 Å². The second kappa shape index (κ2) is 3.83. The highest BCUT2D eigenvalue weighted by molar-refractivity contribution is 5.70. The molecule has 8 heteroatoms. The van der Waals surface area contributed by atoms with Crippen LogP contribution >= 0.6 is 0 Å². The molecule has 8 nitrogen and oxygen atoms in total. The maximum absolute atomic E-state index is 11.8. The Hall–Kier alpha value is -2.06. The molecule has 0 bridgehead atoms. The molecule has 0 aromatic carbocycles. The number of fused-ring (bicyclic) bond motifs is 1. The van der Waals surface area contributed by atoms with Crippen molar-refractivity contribution in [2.45, 2.75) is 6.04 Å². The minimum Gasteiger partial charge on any atom is -0.804 e. The molecular weight excluding hydrogens is 212 g/mol. The van der Waals surface area contributed by atoms with Crippen molar-refractivity contribution in [1.82, 2.24) is 14.8 Å². The van der Waals surface area contributed by atoms with Crippen molar-refractivity contribution < 1.29 is 4.54 Å². The zero-order valence-corrected chi connectivity index (χ0v) is 8.28. The van der Waals surface area contributed by atoms with Crippen LogP contribution in [0.5, 0.6) is 0 Å². The van der Waals surface area contributed by atoms with Crippen molar-refractivity contribution in [1.29, 1.82) is 0 Å². The Balaban J connectivity index is 2.80. The third-order valence-corrected chi connectivity index (χ3v) is 2.19. The predicted octanol–water partition coefficient (Wildman–Crippen LogP) is -1.35. The second-order valence-corrected chi connectivity index (χ2v) is 3.23. The van der Waals surface area contributed by atoms with Gasteiger partial charge in [0, 0.05) is 12.7 Å². The monoisotopic (exact) mass is 222 g/mol. The molecule has 0 aliphatic heterocycles. The number of rotatable bonds is 2. The number of aromatic nitrogens is 4. The van der Waals surface area contributed by atoms with Crippen LogP contribution in [0.4, 0.5) is 0 Å². The van der Waals surface area contributed by atoms with Crippen LogP contribution in [-0.2, 0) is 0 Å². The smallest absolute Gasteiger partial charge is 0.336 e. The molecule has 0 spiro atoms. The molecule has 4 N–H and O–H groups in total. The van der Waals surface area contributed by atoms with E-state index in [0.29, 0.717) is 9.27 Å². The summed E-state index contributed by atoms with van der Waals surface area (Å²) >= 11 is 0. The average Bonchev–Trinajstić information content (AvgIpc) is 2.33. The summed E-state index contributed by atoms with van der Waals surface area (Å²) < 4.78 is 0.824. The standard InChI is InChI=1S/C8H10N6O2/c9-3-5(10)8-12-14(16)7-4-11-2-1-6(7)13(8)15/h1-2,4-5H,3,9-10H2. The first-order valence-electron chi connectivity index (χ1n) is 4.58. The highest BCUT2D eigenvalue weighted by atomic mass is 16.5. The van der Waals surface area contributed by atoms with Gasteiger partial charge in [0.25, 0.3) is 0 Å². The first kappa shape index (κ1) is 10.5. The van der Waals surface area contributed by atoms with Crippen LogP contribution in [0.1, 0.15) is 11.9 Å². The van der Waals surface area contributed by atoms with Crippen molar-refractivity contribution in [2.75, 3.05) is 6.54 Å². The van der Waals surface area contributed by atoms with Gasteiger partial charge in [0.2, 0.25) is 0 Å². The molecule has 0 saturated carbocycles. The maximum atomic E-state index is 11.8. The summed E-state index contributed by atoms with van der Waals surface area (Å²) in [4.78, 5) is 15.2. The van der Waals surface area contributed by atoms with E-state index in [1.165, 1.54) is 18.5 Å². The third kappa shape index (κ3) is 1.49. The van der Waals surface area contributed by atoms with E-state index in [-0.39, 0.29) is 23.4 Å². The van der Waals surface area contributed by atoms with Gasteiger partial charge in [-0.15, -0.1) is 0 Å². The number of nitrogens with two attached hydrogens (primary N) is 2. The minimum atomic E-state index is -0.768. The Labute approximate surface area is 89.7 Å². The number of pyridine rings is 1. The van der Waals surface area contributed by atoms with Gasteiger partial charge < -0.3 is 21.4 Å².